The van der Waals surface area contributed by atoms with Crippen LogP contribution >= 0.6 is 0 Å². The predicted molar refractivity (Wildman–Crippen MR) is 100 cm³/mol. The van der Waals surface area contributed by atoms with Gasteiger partial charge in [0, 0.05) is 7.05 Å². The second-order valence-corrected chi connectivity index (χ2v) is 6.42. The van der Waals surface area contributed by atoms with Crippen LogP contribution < -0.4 is 10.9 Å². The Balaban J connectivity index is 1.68. The Morgan fingerprint density at radius 1 is 1.31 bits per heavy atom. The Kier molecular flexibility index (Phi) is 4.85. The molecule has 3 aromatic rings. The van der Waals surface area contributed by atoms with Gasteiger partial charge in [-0.15, -0.1) is 0 Å². The van der Waals surface area contributed by atoms with Gasteiger partial charge in [-0.2, -0.15) is 5.10 Å². The number of H-pyrrole nitrogens is 1. The largest absolute Gasteiger partial charge is 0.322 e. The lowest BCUT2D eigenvalue weighted by Crippen LogP contribution is -2.31. The lowest BCUT2D eigenvalue weighted by Gasteiger charge is -2.16. The Morgan fingerprint density at radius 3 is 2.73 bits per heavy atom. The molecule has 0 fully saturated rings. The first-order valence-electron chi connectivity index (χ1n) is 8.31. The molecule has 0 atom stereocenters. The number of para-hydroxylation sites is 1. The van der Waals surface area contributed by atoms with E-state index in [4.69, 9.17) is 0 Å². The van der Waals surface area contributed by atoms with Crippen LogP contribution in [0.1, 0.15) is 17.2 Å². The van der Waals surface area contributed by atoms with Crippen LogP contribution in [-0.4, -0.2) is 44.1 Å². The minimum absolute atomic E-state index is 0.144. The van der Waals surface area contributed by atoms with Gasteiger partial charge in [-0.05, 0) is 33.0 Å². The minimum Gasteiger partial charge on any atom is -0.322 e. The molecule has 2 heterocycles. The first-order valence-corrected chi connectivity index (χ1v) is 8.31. The highest BCUT2D eigenvalue weighted by Gasteiger charge is 2.14. The third kappa shape index (κ3) is 3.65. The molecule has 136 valence electrons. The van der Waals surface area contributed by atoms with Crippen molar-refractivity contribution in [3.63, 3.8) is 0 Å². The summed E-state index contributed by atoms with van der Waals surface area (Å²) in [7, 11) is 3.64. The standard InChI is InChI=1S/C18H22N6O2/c1-11-17(12(2)24(4)22-11)21-16(25)10-23(3)9-15-19-14-8-6-5-7-13(14)18(26)20-15/h5-8H,9-10H2,1-4H3,(H,21,25)(H,19,20,26). The van der Waals surface area contributed by atoms with Gasteiger partial charge >= 0.3 is 0 Å². The summed E-state index contributed by atoms with van der Waals surface area (Å²) in [6.07, 6.45) is 0. The summed E-state index contributed by atoms with van der Waals surface area (Å²) in [5.74, 6) is 0.382. The number of benzene rings is 1. The number of aryl methyl sites for hydroxylation is 2. The number of fused-ring (bicyclic) bond motifs is 1. The van der Waals surface area contributed by atoms with Crippen LogP contribution in [0.5, 0.6) is 0 Å². The number of carbonyl (C=O) groups is 1. The van der Waals surface area contributed by atoms with E-state index < -0.39 is 0 Å². The van der Waals surface area contributed by atoms with Crippen molar-refractivity contribution in [2.45, 2.75) is 20.4 Å². The Bertz CT molecular complexity index is 1020. The van der Waals surface area contributed by atoms with E-state index in [0.29, 0.717) is 23.3 Å². The Hall–Kier alpha value is -3.00. The van der Waals surface area contributed by atoms with Crippen molar-refractivity contribution in [2.75, 3.05) is 18.9 Å². The van der Waals surface area contributed by atoms with Gasteiger partial charge in [0.15, 0.2) is 0 Å². The van der Waals surface area contributed by atoms with Gasteiger partial charge < -0.3 is 10.3 Å². The molecule has 0 saturated carbocycles. The molecule has 2 N–H and O–H groups in total. The number of aromatic nitrogens is 4. The molecule has 0 aliphatic heterocycles. The maximum atomic E-state index is 12.3. The van der Waals surface area contributed by atoms with Crippen LogP contribution in [-0.2, 0) is 18.4 Å². The zero-order valence-corrected chi connectivity index (χ0v) is 15.3. The number of rotatable bonds is 5. The van der Waals surface area contributed by atoms with E-state index in [9.17, 15) is 9.59 Å². The molecule has 0 unspecified atom stereocenters. The average Bonchev–Trinajstić information content (AvgIpc) is 2.81. The van der Waals surface area contributed by atoms with E-state index in [-0.39, 0.29) is 18.0 Å². The summed E-state index contributed by atoms with van der Waals surface area (Å²) >= 11 is 0. The lowest BCUT2D eigenvalue weighted by atomic mass is 10.2. The molecule has 0 bridgehead atoms. The zero-order chi connectivity index (χ0) is 18.8. The van der Waals surface area contributed by atoms with Gasteiger partial charge in [0.2, 0.25) is 5.91 Å². The molecular weight excluding hydrogens is 332 g/mol. The first-order chi connectivity index (χ1) is 12.3. The van der Waals surface area contributed by atoms with Crippen molar-refractivity contribution < 1.29 is 4.79 Å². The summed E-state index contributed by atoms with van der Waals surface area (Å²) in [6, 6.07) is 7.18. The topological polar surface area (TPSA) is 95.9 Å². The smallest absolute Gasteiger partial charge is 0.258 e. The number of aromatic amines is 1. The van der Waals surface area contributed by atoms with E-state index >= 15 is 0 Å². The maximum Gasteiger partial charge on any atom is 0.258 e. The van der Waals surface area contributed by atoms with E-state index in [2.05, 4.69) is 20.4 Å². The SMILES string of the molecule is Cc1nn(C)c(C)c1NC(=O)CN(C)Cc1nc2ccccc2c(=O)[nH]1. The molecule has 26 heavy (non-hydrogen) atoms. The quantitative estimate of drug-likeness (QED) is 0.721. The van der Waals surface area contributed by atoms with Gasteiger partial charge in [0.25, 0.3) is 5.56 Å². The molecule has 0 aliphatic carbocycles. The van der Waals surface area contributed by atoms with Crippen molar-refractivity contribution in [3.8, 4) is 0 Å². The normalized spacial score (nSPS) is 11.3. The van der Waals surface area contributed by atoms with E-state index in [1.807, 2.05) is 27.0 Å². The Labute approximate surface area is 150 Å². The first kappa shape index (κ1) is 17.8. The number of likely N-dealkylation sites (N-methyl/N-ethyl adjacent to an activating group) is 1. The van der Waals surface area contributed by atoms with Crippen LogP contribution in [0.2, 0.25) is 0 Å². The van der Waals surface area contributed by atoms with Crippen molar-refractivity contribution in [1.29, 1.82) is 0 Å². The molecule has 0 aliphatic rings. The van der Waals surface area contributed by atoms with Crippen molar-refractivity contribution in [1.82, 2.24) is 24.6 Å². The van der Waals surface area contributed by atoms with Crippen LogP contribution in [0.25, 0.3) is 10.9 Å². The third-order valence-corrected chi connectivity index (χ3v) is 4.27. The summed E-state index contributed by atoms with van der Waals surface area (Å²) < 4.78 is 1.73. The van der Waals surface area contributed by atoms with Gasteiger partial charge in [0.05, 0.1) is 41.1 Å². The number of nitrogens with one attached hydrogen (secondary N) is 2. The van der Waals surface area contributed by atoms with Crippen molar-refractivity contribution in [2.24, 2.45) is 7.05 Å². The van der Waals surface area contributed by atoms with Crippen LogP contribution in [0, 0.1) is 13.8 Å². The minimum atomic E-state index is -0.176. The summed E-state index contributed by atoms with van der Waals surface area (Å²) in [6.45, 7) is 4.29. The zero-order valence-electron chi connectivity index (χ0n) is 15.3. The highest BCUT2D eigenvalue weighted by Crippen LogP contribution is 2.18. The van der Waals surface area contributed by atoms with Gasteiger partial charge in [-0.25, -0.2) is 4.98 Å². The fraction of sp³-hybridized carbons (Fsp3) is 0.333. The molecule has 1 amide bonds. The van der Waals surface area contributed by atoms with Crippen LogP contribution in [0.3, 0.4) is 0 Å². The predicted octanol–water partition coefficient (Wildman–Crippen LogP) is 1.34. The molecule has 1 aromatic carbocycles. The third-order valence-electron chi connectivity index (χ3n) is 4.27. The molecule has 8 nitrogen and oxygen atoms in total. The van der Waals surface area contributed by atoms with Gasteiger partial charge in [-0.1, -0.05) is 12.1 Å². The Morgan fingerprint density at radius 2 is 2.04 bits per heavy atom. The number of nitrogens with zero attached hydrogens (tertiary/aromatic N) is 4. The number of hydrogen-bond acceptors (Lipinski definition) is 5. The van der Waals surface area contributed by atoms with Crippen LogP contribution in [0.15, 0.2) is 29.1 Å². The molecule has 0 saturated heterocycles. The summed E-state index contributed by atoms with van der Waals surface area (Å²) in [4.78, 5) is 33.5. The molecule has 3 rings (SSSR count). The maximum absolute atomic E-state index is 12.3. The fourth-order valence-corrected chi connectivity index (χ4v) is 2.90. The summed E-state index contributed by atoms with van der Waals surface area (Å²) in [5.41, 5.74) is 2.89. The molecule has 0 radical (unpaired) electrons. The second kappa shape index (κ2) is 7.09. The average molecular weight is 354 g/mol. The number of hydrogen-bond donors (Lipinski definition) is 2. The fourth-order valence-electron chi connectivity index (χ4n) is 2.90. The molecule has 2 aromatic heterocycles. The number of carbonyl (C=O) groups excluding carboxylic acids is 1. The molecular formula is C18H22N6O2. The molecule has 8 heteroatoms. The summed E-state index contributed by atoms with van der Waals surface area (Å²) in [5, 5.41) is 7.74. The van der Waals surface area contributed by atoms with Crippen LogP contribution in [0.4, 0.5) is 5.69 Å². The monoisotopic (exact) mass is 354 g/mol. The van der Waals surface area contributed by atoms with E-state index in [1.54, 1.807) is 34.8 Å². The lowest BCUT2D eigenvalue weighted by molar-refractivity contribution is -0.117. The second-order valence-electron chi connectivity index (χ2n) is 6.42. The van der Waals surface area contributed by atoms with Crippen molar-refractivity contribution >= 4 is 22.5 Å². The van der Waals surface area contributed by atoms with E-state index in [0.717, 1.165) is 17.1 Å². The van der Waals surface area contributed by atoms with Gasteiger partial charge in [0.1, 0.15) is 5.82 Å². The highest BCUT2D eigenvalue weighted by atomic mass is 16.2. The molecule has 0 spiro atoms. The van der Waals surface area contributed by atoms with Gasteiger partial charge in [-0.3, -0.25) is 19.2 Å². The van der Waals surface area contributed by atoms with Crippen molar-refractivity contribution in [3.05, 3.63) is 51.8 Å². The highest BCUT2D eigenvalue weighted by molar-refractivity contribution is 5.93. The number of amides is 1. The van der Waals surface area contributed by atoms with E-state index in [1.165, 1.54) is 0 Å². The number of anilines is 1.